The molecule has 0 aliphatic carbocycles. The number of carbonyl (C=O) groups is 1. The Labute approximate surface area is 176 Å². The molecule has 0 aliphatic heterocycles. The van der Waals surface area contributed by atoms with E-state index in [2.05, 4.69) is 22.4 Å². The molecule has 29 heavy (non-hydrogen) atoms. The fourth-order valence-corrected chi connectivity index (χ4v) is 3.25. The van der Waals surface area contributed by atoms with Crippen molar-refractivity contribution in [3.8, 4) is 11.4 Å². The average molecular weight is 411 g/mol. The second-order valence-corrected chi connectivity index (χ2v) is 7.28. The molecule has 0 radical (unpaired) electrons. The Morgan fingerprint density at radius 3 is 2.59 bits per heavy atom. The predicted octanol–water partition coefficient (Wildman–Crippen LogP) is 2.94. The molecule has 0 unspecified atom stereocenters. The van der Waals surface area contributed by atoms with E-state index in [1.807, 2.05) is 53.8 Å². The maximum atomic E-state index is 12.0. The molecule has 0 aliphatic rings. The van der Waals surface area contributed by atoms with Gasteiger partial charge in [0.1, 0.15) is 0 Å². The lowest BCUT2D eigenvalue weighted by molar-refractivity contribution is -0.122. The van der Waals surface area contributed by atoms with Crippen LogP contribution in [-0.2, 0) is 18.0 Å². The Morgan fingerprint density at radius 2 is 1.90 bits per heavy atom. The largest absolute Gasteiger partial charge is 0.355 e. The van der Waals surface area contributed by atoms with Gasteiger partial charge in [-0.2, -0.15) is 5.10 Å². The summed E-state index contributed by atoms with van der Waals surface area (Å²) in [4.78, 5) is 18.0. The lowest BCUT2D eigenvalue weighted by atomic mass is 10.2. The van der Waals surface area contributed by atoms with Crippen molar-refractivity contribution in [2.45, 2.75) is 26.6 Å². The molecule has 3 rings (SSSR count). The first-order chi connectivity index (χ1) is 14.1. The van der Waals surface area contributed by atoms with E-state index in [-0.39, 0.29) is 12.5 Å². The van der Waals surface area contributed by atoms with E-state index in [9.17, 15) is 4.79 Å². The van der Waals surface area contributed by atoms with Gasteiger partial charge < -0.3 is 5.32 Å². The Morgan fingerprint density at radius 1 is 1.17 bits per heavy atom. The summed E-state index contributed by atoms with van der Waals surface area (Å²) in [6, 6.07) is 14.0. The molecule has 1 aromatic carbocycles. The highest BCUT2D eigenvalue weighted by Crippen LogP contribution is 2.19. The van der Waals surface area contributed by atoms with Crippen LogP contribution in [0, 0.1) is 4.77 Å². The van der Waals surface area contributed by atoms with Gasteiger partial charge in [0.25, 0.3) is 0 Å². The zero-order valence-electron chi connectivity index (χ0n) is 16.8. The van der Waals surface area contributed by atoms with Crippen molar-refractivity contribution in [3.63, 3.8) is 0 Å². The third kappa shape index (κ3) is 5.58. The van der Waals surface area contributed by atoms with Crippen molar-refractivity contribution in [2.75, 3.05) is 20.1 Å². The first-order valence-corrected chi connectivity index (χ1v) is 10.1. The number of nitrogens with zero attached hydrogens (tertiary/aromatic N) is 5. The van der Waals surface area contributed by atoms with Gasteiger partial charge >= 0.3 is 0 Å². The van der Waals surface area contributed by atoms with Gasteiger partial charge in [-0.15, -0.1) is 0 Å². The number of nitrogens with one attached hydrogen (secondary N) is 1. The molecule has 0 fully saturated rings. The normalized spacial score (nSPS) is 11.0. The number of likely N-dealkylation sites (N-methyl/N-ethyl adjacent to an activating group) is 1. The van der Waals surface area contributed by atoms with Crippen molar-refractivity contribution in [2.24, 2.45) is 0 Å². The molecule has 3 aromatic rings. The summed E-state index contributed by atoms with van der Waals surface area (Å²) in [6.45, 7) is 4.06. The molecule has 1 amide bonds. The minimum absolute atomic E-state index is 0.000978. The number of amides is 1. The molecule has 2 aromatic heterocycles. The molecule has 2 heterocycles. The third-order valence-electron chi connectivity index (χ3n) is 4.41. The first kappa shape index (κ1) is 20.9. The SMILES string of the molecule is CCCNC(=O)CN(C)Cn1nc(-c2ccncc2)n(Cc2ccccc2)c1=S. The number of hydrogen-bond donors (Lipinski definition) is 1. The van der Waals surface area contributed by atoms with Gasteiger partial charge in [-0.1, -0.05) is 37.3 Å². The van der Waals surface area contributed by atoms with Gasteiger partial charge in [0, 0.05) is 24.5 Å². The molecule has 7 nitrogen and oxygen atoms in total. The fourth-order valence-electron chi connectivity index (χ4n) is 3.00. The van der Waals surface area contributed by atoms with Crippen LogP contribution in [0.1, 0.15) is 18.9 Å². The third-order valence-corrected chi connectivity index (χ3v) is 4.84. The van der Waals surface area contributed by atoms with E-state index in [1.165, 1.54) is 0 Å². The predicted molar refractivity (Wildman–Crippen MR) is 116 cm³/mol. The average Bonchev–Trinajstić information content (AvgIpc) is 3.03. The van der Waals surface area contributed by atoms with Crippen molar-refractivity contribution in [3.05, 3.63) is 65.2 Å². The number of carbonyl (C=O) groups excluding carboxylic acids is 1. The number of aromatic nitrogens is 4. The monoisotopic (exact) mass is 410 g/mol. The van der Waals surface area contributed by atoms with Gasteiger partial charge in [0.15, 0.2) is 10.6 Å². The summed E-state index contributed by atoms with van der Waals surface area (Å²) in [6.07, 6.45) is 4.41. The maximum Gasteiger partial charge on any atom is 0.234 e. The molecule has 0 saturated heterocycles. The summed E-state index contributed by atoms with van der Waals surface area (Å²) in [5.41, 5.74) is 2.09. The minimum Gasteiger partial charge on any atom is -0.355 e. The van der Waals surface area contributed by atoms with Gasteiger partial charge in [-0.25, -0.2) is 4.68 Å². The van der Waals surface area contributed by atoms with Gasteiger partial charge in [0.2, 0.25) is 5.91 Å². The number of rotatable bonds is 9. The van der Waals surface area contributed by atoms with E-state index in [4.69, 9.17) is 17.3 Å². The second-order valence-electron chi connectivity index (χ2n) is 6.92. The smallest absolute Gasteiger partial charge is 0.234 e. The van der Waals surface area contributed by atoms with E-state index in [1.54, 1.807) is 17.1 Å². The summed E-state index contributed by atoms with van der Waals surface area (Å²) in [5, 5.41) is 7.65. The van der Waals surface area contributed by atoms with Crippen LogP contribution >= 0.6 is 12.2 Å². The van der Waals surface area contributed by atoms with Crippen LogP contribution in [-0.4, -0.2) is 50.3 Å². The Bertz CT molecular complexity index is 983. The van der Waals surface area contributed by atoms with Crippen LogP contribution in [0.25, 0.3) is 11.4 Å². The molecule has 0 bridgehead atoms. The lowest BCUT2D eigenvalue weighted by Gasteiger charge is -2.15. The molecule has 8 heteroatoms. The van der Waals surface area contributed by atoms with Crippen LogP contribution in [0.3, 0.4) is 0 Å². The number of pyridine rings is 1. The minimum atomic E-state index is -0.000978. The van der Waals surface area contributed by atoms with E-state index < -0.39 is 0 Å². The summed E-state index contributed by atoms with van der Waals surface area (Å²) in [5.74, 6) is 0.782. The first-order valence-electron chi connectivity index (χ1n) is 9.65. The Hall–Kier alpha value is -2.84. The number of benzene rings is 1. The second kappa shape index (κ2) is 10.1. The zero-order chi connectivity index (χ0) is 20.6. The van der Waals surface area contributed by atoms with E-state index in [0.29, 0.717) is 24.5 Å². The summed E-state index contributed by atoms with van der Waals surface area (Å²) in [7, 11) is 1.88. The highest BCUT2D eigenvalue weighted by Gasteiger charge is 2.15. The quantitative estimate of drug-likeness (QED) is 0.550. The maximum absolute atomic E-state index is 12.0. The van der Waals surface area contributed by atoms with Crippen molar-refractivity contribution in [1.29, 1.82) is 0 Å². The zero-order valence-corrected chi connectivity index (χ0v) is 17.6. The van der Waals surface area contributed by atoms with Gasteiger partial charge in [-0.3, -0.25) is 19.2 Å². The van der Waals surface area contributed by atoms with Crippen LogP contribution in [0.4, 0.5) is 0 Å². The summed E-state index contributed by atoms with van der Waals surface area (Å²) >= 11 is 5.73. The van der Waals surface area contributed by atoms with Gasteiger partial charge in [0.05, 0.1) is 19.8 Å². The molecule has 152 valence electrons. The number of hydrogen-bond acceptors (Lipinski definition) is 5. The van der Waals surface area contributed by atoms with Crippen molar-refractivity contribution < 1.29 is 4.79 Å². The molecular weight excluding hydrogens is 384 g/mol. The molecule has 1 N–H and O–H groups in total. The Balaban J connectivity index is 1.86. The highest BCUT2D eigenvalue weighted by atomic mass is 32.1. The Kier molecular flexibility index (Phi) is 7.26. The fraction of sp³-hybridized carbons (Fsp3) is 0.333. The van der Waals surface area contributed by atoms with Crippen LogP contribution in [0.15, 0.2) is 54.9 Å². The lowest BCUT2D eigenvalue weighted by Crippen LogP contribution is -2.36. The van der Waals surface area contributed by atoms with Crippen LogP contribution in [0.2, 0.25) is 0 Å². The molecule has 0 atom stereocenters. The van der Waals surface area contributed by atoms with E-state index in [0.717, 1.165) is 23.4 Å². The van der Waals surface area contributed by atoms with Crippen molar-refractivity contribution in [1.82, 2.24) is 29.5 Å². The molecule has 0 spiro atoms. The molecule has 0 saturated carbocycles. The standard InChI is InChI=1S/C21H26N6OS/c1-3-11-23-19(28)15-25(2)16-27-21(29)26(14-17-7-5-4-6-8-17)20(24-27)18-9-12-22-13-10-18/h4-10,12-13H,3,11,14-16H2,1-2H3,(H,23,28). The van der Waals surface area contributed by atoms with Gasteiger partial charge in [-0.05, 0) is 43.4 Å². The topological polar surface area (TPSA) is 68.0 Å². The van der Waals surface area contributed by atoms with Crippen molar-refractivity contribution >= 4 is 18.1 Å². The van der Waals surface area contributed by atoms with Crippen LogP contribution < -0.4 is 5.32 Å². The molecular formula is C21H26N6OS. The van der Waals surface area contributed by atoms with E-state index >= 15 is 0 Å². The van der Waals surface area contributed by atoms with Crippen LogP contribution in [0.5, 0.6) is 0 Å². The summed E-state index contributed by atoms with van der Waals surface area (Å²) < 4.78 is 4.40. The highest BCUT2D eigenvalue weighted by molar-refractivity contribution is 7.71.